The van der Waals surface area contributed by atoms with Gasteiger partial charge in [0.25, 0.3) is 0 Å². The number of hydrogen-bond acceptors (Lipinski definition) is 3. The molecule has 1 heterocycles. The van der Waals surface area contributed by atoms with Crippen molar-refractivity contribution in [1.82, 2.24) is 5.01 Å². The summed E-state index contributed by atoms with van der Waals surface area (Å²) in [6.07, 6.45) is -2.73. The number of rotatable bonds is 2. The van der Waals surface area contributed by atoms with Gasteiger partial charge >= 0.3 is 6.18 Å². The van der Waals surface area contributed by atoms with E-state index >= 15 is 0 Å². The van der Waals surface area contributed by atoms with Crippen molar-refractivity contribution >= 4 is 6.21 Å². The highest BCUT2D eigenvalue weighted by Gasteiger charge is 2.29. The van der Waals surface area contributed by atoms with Gasteiger partial charge in [0.1, 0.15) is 0 Å². The minimum absolute atomic E-state index is 0.629. The Morgan fingerprint density at radius 1 is 1.11 bits per heavy atom. The van der Waals surface area contributed by atoms with Crippen LogP contribution in [0, 0.1) is 0 Å². The Morgan fingerprint density at radius 3 is 2.28 bits per heavy atom. The van der Waals surface area contributed by atoms with Gasteiger partial charge in [0.05, 0.1) is 38.1 Å². The summed E-state index contributed by atoms with van der Waals surface area (Å²) in [5.74, 6) is 0. The van der Waals surface area contributed by atoms with Crippen LogP contribution in [0.5, 0.6) is 0 Å². The second-order valence-corrected chi connectivity index (χ2v) is 3.93. The van der Waals surface area contributed by atoms with E-state index in [1.807, 2.05) is 5.01 Å². The Balaban J connectivity index is 1.99. The Kier molecular flexibility index (Phi) is 3.86. The fourth-order valence-electron chi connectivity index (χ4n) is 1.58. The van der Waals surface area contributed by atoms with E-state index in [2.05, 4.69) is 5.10 Å². The smallest absolute Gasteiger partial charge is 0.378 e. The maximum Gasteiger partial charge on any atom is 0.416 e. The van der Waals surface area contributed by atoms with Crippen LogP contribution in [0.25, 0.3) is 0 Å². The summed E-state index contributed by atoms with van der Waals surface area (Å²) >= 11 is 0. The monoisotopic (exact) mass is 258 g/mol. The first kappa shape index (κ1) is 12.9. The Labute approximate surface area is 103 Å². The van der Waals surface area contributed by atoms with Crippen LogP contribution in [-0.2, 0) is 10.9 Å². The second-order valence-electron chi connectivity index (χ2n) is 3.93. The lowest BCUT2D eigenvalue weighted by Gasteiger charge is -2.23. The summed E-state index contributed by atoms with van der Waals surface area (Å²) in [5.41, 5.74) is 0.000476. The molecule has 1 aliphatic heterocycles. The molecule has 6 heteroatoms. The van der Waals surface area contributed by atoms with Crippen LogP contribution in [-0.4, -0.2) is 37.5 Å². The number of hydrazone groups is 1. The first-order valence-electron chi connectivity index (χ1n) is 5.59. The third-order valence-corrected chi connectivity index (χ3v) is 2.60. The quantitative estimate of drug-likeness (QED) is 0.761. The lowest BCUT2D eigenvalue weighted by Crippen LogP contribution is -2.32. The maximum absolute atomic E-state index is 12.3. The predicted molar refractivity (Wildman–Crippen MR) is 61.4 cm³/mol. The number of hydrogen-bond donors (Lipinski definition) is 0. The van der Waals surface area contributed by atoms with E-state index in [1.165, 1.54) is 12.1 Å². The molecule has 1 aromatic carbocycles. The summed E-state index contributed by atoms with van der Waals surface area (Å²) in [5, 5.41) is 6.03. The molecule has 0 aliphatic carbocycles. The molecular formula is C12H13F3N2O. The minimum atomic E-state index is -4.29. The SMILES string of the molecule is FC(F)(F)c1ccc(C=NN2CCOCC2)cc1. The summed E-state index contributed by atoms with van der Waals surface area (Å²) in [6.45, 7) is 2.67. The van der Waals surface area contributed by atoms with Gasteiger partial charge in [0.2, 0.25) is 0 Å². The molecule has 1 aromatic rings. The highest BCUT2D eigenvalue weighted by Crippen LogP contribution is 2.28. The van der Waals surface area contributed by atoms with E-state index in [0.717, 1.165) is 12.1 Å². The number of ether oxygens (including phenoxy) is 1. The molecule has 0 radical (unpaired) electrons. The molecule has 1 aliphatic rings. The average Bonchev–Trinajstić information content (AvgIpc) is 2.37. The molecule has 0 saturated carbocycles. The van der Waals surface area contributed by atoms with Crippen LogP contribution in [0.1, 0.15) is 11.1 Å². The highest BCUT2D eigenvalue weighted by atomic mass is 19.4. The van der Waals surface area contributed by atoms with Crippen molar-refractivity contribution in [2.45, 2.75) is 6.18 Å². The molecule has 18 heavy (non-hydrogen) atoms. The van der Waals surface area contributed by atoms with Crippen LogP contribution < -0.4 is 0 Å². The second kappa shape index (κ2) is 5.39. The fourth-order valence-corrected chi connectivity index (χ4v) is 1.58. The Bertz CT molecular complexity index is 408. The molecule has 2 rings (SSSR count). The lowest BCUT2D eigenvalue weighted by atomic mass is 10.1. The molecule has 0 spiro atoms. The average molecular weight is 258 g/mol. The van der Waals surface area contributed by atoms with Gasteiger partial charge in [-0.2, -0.15) is 18.3 Å². The van der Waals surface area contributed by atoms with Gasteiger partial charge in [0, 0.05) is 0 Å². The number of halogens is 3. The van der Waals surface area contributed by atoms with Crippen LogP contribution in [0.2, 0.25) is 0 Å². The summed E-state index contributed by atoms with van der Waals surface area (Å²) < 4.78 is 42.2. The third kappa shape index (κ3) is 3.46. The van der Waals surface area contributed by atoms with Crippen LogP contribution >= 0.6 is 0 Å². The highest BCUT2D eigenvalue weighted by molar-refractivity contribution is 5.79. The van der Waals surface area contributed by atoms with Crippen molar-refractivity contribution in [3.8, 4) is 0 Å². The van der Waals surface area contributed by atoms with E-state index in [1.54, 1.807) is 6.21 Å². The molecule has 1 fully saturated rings. The van der Waals surface area contributed by atoms with Gasteiger partial charge < -0.3 is 4.74 Å². The molecule has 98 valence electrons. The van der Waals surface area contributed by atoms with Gasteiger partial charge in [-0.05, 0) is 17.7 Å². The van der Waals surface area contributed by atoms with Gasteiger partial charge in [-0.25, -0.2) is 0 Å². The molecule has 0 unspecified atom stereocenters. The zero-order valence-electron chi connectivity index (χ0n) is 9.65. The van der Waals surface area contributed by atoms with Crippen molar-refractivity contribution in [3.63, 3.8) is 0 Å². The van der Waals surface area contributed by atoms with Crippen molar-refractivity contribution in [1.29, 1.82) is 0 Å². The normalized spacial score (nSPS) is 17.4. The Morgan fingerprint density at radius 2 is 1.72 bits per heavy atom. The molecule has 0 atom stereocenters. The third-order valence-electron chi connectivity index (χ3n) is 2.60. The molecule has 0 aromatic heterocycles. The minimum Gasteiger partial charge on any atom is -0.378 e. The van der Waals surface area contributed by atoms with Crippen LogP contribution in [0.15, 0.2) is 29.4 Å². The largest absolute Gasteiger partial charge is 0.416 e. The van der Waals surface area contributed by atoms with Crippen LogP contribution in [0.3, 0.4) is 0 Å². The van der Waals surface area contributed by atoms with Crippen molar-refractivity contribution in [3.05, 3.63) is 35.4 Å². The van der Waals surface area contributed by atoms with Gasteiger partial charge in [-0.3, -0.25) is 5.01 Å². The first-order chi connectivity index (χ1) is 8.55. The van der Waals surface area contributed by atoms with E-state index in [-0.39, 0.29) is 0 Å². The number of morpholine rings is 1. The number of benzene rings is 1. The van der Waals surface area contributed by atoms with Gasteiger partial charge in [-0.15, -0.1) is 0 Å². The van der Waals surface area contributed by atoms with E-state index < -0.39 is 11.7 Å². The first-order valence-corrected chi connectivity index (χ1v) is 5.59. The predicted octanol–water partition coefficient (Wildman–Crippen LogP) is 2.37. The van der Waals surface area contributed by atoms with Gasteiger partial charge in [0.15, 0.2) is 0 Å². The summed E-state index contributed by atoms with van der Waals surface area (Å²) in [7, 11) is 0. The molecule has 0 bridgehead atoms. The molecule has 0 amide bonds. The van der Waals surface area contributed by atoms with E-state index in [9.17, 15) is 13.2 Å². The van der Waals surface area contributed by atoms with Crippen molar-refractivity contribution < 1.29 is 17.9 Å². The lowest BCUT2D eigenvalue weighted by molar-refractivity contribution is -0.137. The summed E-state index contributed by atoms with van der Waals surface area (Å²) in [4.78, 5) is 0. The number of nitrogens with zero attached hydrogens (tertiary/aromatic N) is 2. The van der Waals surface area contributed by atoms with E-state index in [0.29, 0.717) is 31.9 Å². The standard InChI is InChI=1S/C12H13F3N2O/c13-12(14,15)11-3-1-10(2-4-11)9-16-17-5-7-18-8-6-17/h1-4,9H,5-8H2. The number of alkyl halides is 3. The summed E-state index contributed by atoms with van der Waals surface area (Å²) in [6, 6.07) is 4.93. The zero-order valence-corrected chi connectivity index (χ0v) is 9.65. The topological polar surface area (TPSA) is 24.8 Å². The molecule has 1 saturated heterocycles. The molecule has 0 N–H and O–H groups in total. The molecule has 3 nitrogen and oxygen atoms in total. The maximum atomic E-state index is 12.3. The van der Waals surface area contributed by atoms with Crippen molar-refractivity contribution in [2.24, 2.45) is 5.10 Å². The fraction of sp³-hybridized carbons (Fsp3) is 0.417. The van der Waals surface area contributed by atoms with Crippen LogP contribution in [0.4, 0.5) is 13.2 Å². The van der Waals surface area contributed by atoms with E-state index in [4.69, 9.17) is 4.74 Å². The Hall–Kier alpha value is -1.56. The zero-order chi connectivity index (χ0) is 13.0. The van der Waals surface area contributed by atoms with Crippen molar-refractivity contribution in [2.75, 3.05) is 26.3 Å². The van der Waals surface area contributed by atoms with Gasteiger partial charge in [-0.1, -0.05) is 12.1 Å². The molecular weight excluding hydrogens is 245 g/mol.